The average molecular weight is 802 g/mol. The van der Waals surface area contributed by atoms with Crippen LogP contribution in [0, 0.1) is 5.82 Å². The number of anilines is 2. The fourth-order valence-corrected chi connectivity index (χ4v) is 8.59. The van der Waals surface area contributed by atoms with Gasteiger partial charge in [-0.3, -0.25) is 9.36 Å². The molecule has 13 nitrogen and oxygen atoms in total. The smallest absolute Gasteiger partial charge is 0.323 e. The lowest BCUT2D eigenvalue weighted by atomic mass is 10.1. The summed E-state index contributed by atoms with van der Waals surface area (Å²) in [5, 5.41) is 7.17. The molecule has 2 aromatic heterocycles. The van der Waals surface area contributed by atoms with E-state index in [9.17, 15) is 22.2 Å². The van der Waals surface area contributed by atoms with E-state index in [4.69, 9.17) is 30.2 Å². The number of halogens is 2. The molecule has 17 heteroatoms. The minimum atomic E-state index is -3.72. The highest BCUT2D eigenvalue weighted by molar-refractivity contribution is 7.90. The zero-order valence-electron chi connectivity index (χ0n) is 30.4. The second-order valence-electron chi connectivity index (χ2n) is 12.9. The van der Waals surface area contributed by atoms with Gasteiger partial charge in [0.05, 0.1) is 28.9 Å². The minimum Gasteiger partial charge on any atom is -0.487 e. The van der Waals surface area contributed by atoms with Gasteiger partial charge in [-0.05, 0) is 87.0 Å². The monoisotopic (exact) mass is 801 g/mol. The third kappa shape index (κ3) is 11.1. The van der Waals surface area contributed by atoms with E-state index in [-0.39, 0.29) is 43.7 Å². The highest BCUT2D eigenvalue weighted by atomic mass is 35.5. The molecule has 0 bridgehead atoms. The Balaban J connectivity index is 1.36. The third-order valence-corrected chi connectivity index (χ3v) is 11.9. The Morgan fingerprint density at radius 2 is 1.85 bits per heavy atom. The molecule has 0 amide bonds. The van der Waals surface area contributed by atoms with Gasteiger partial charge in [0.15, 0.2) is 0 Å². The van der Waals surface area contributed by atoms with Crippen LogP contribution in [0.2, 0.25) is 5.02 Å². The second-order valence-corrected chi connectivity index (χ2v) is 18.0. The maximum Gasteiger partial charge on any atom is 0.323 e. The maximum atomic E-state index is 14.4. The number of nitrogens with one attached hydrogen (secondary N) is 2. The number of benzene rings is 3. The lowest BCUT2D eigenvalue weighted by Crippen LogP contribution is -2.41. The number of sulfone groups is 1. The summed E-state index contributed by atoms with van der Waals surface area (Å²) in [5.41, 5.74) is 2.66. The number of nitrogens with zero attached hydrogens (tertiary/aromatic N) is 3. The van der Waals surface area contributed by atoms with Crippen LogP contribution in [-0.4, -0.2) is 73.2 Å². The zero-order chi connectivity index (χ0) is 39.0. The zero-order valence-corrected chi connectivity index (χ0v) is 32.9. The Morgan fingerprint density at radius 1 is 1.06 bits per heavy atom. The van der Waals surface area contributed by atoms with Gasteiger partial charge in [0.2, 0.25) is 7.44 Å². The topological polar surface area (TPSA) is 162 Å². The van der Waals surface area contributed by atoms with Crippen LogP contribution in [-0.2, 0) is 41.8 Å². The third-order valence-electron chi connectivity index (χ3n) is 7.98. The summed E-state index contributed by atoms with van der Waals surface area (Å²) < 4.78 is 76.3. The summed E-state index contributed by atoms with van der Waals surface area (Å²) in [5.74, 6) is 0.563. The summed E-state index contributed by atoms with van der Waals surface area (Å²) in [6.07, 6.45) is 1.84. The van der Waals surface area contributed by atoms with Gasteiger partial charge in [-0.25, -0.2) is 32.5 Å². The number of aromatic nitrogens is 2. The van der Waals surface area contributed by atoms with Crippen molar-refractivity contribution in [3.63, 3.8) is 0 Å². The predicted octanol–water partition coefficient (Wildman–Crippen LogP) is 7.58. The maximum absolute atomic E-state index is 14.4. The van der Waals surface area contributed by atoms with Crippen molar-refractivity contribution in [2.24, 2.45) is 0 Å². The number of esters is 1. The van der Waals surface area contributed by atoms with E-state index in [1.165, 1.54) is 37.2 Å². The van der Waals surface area contributed by atoms with Crippen molar-refractivity contribution in [3.8, 4) is 17.1 Å². The molecule has 0 aliphatic carbocycles. The molecular formula is C37H42ClFN5O8PS. The molecule has 0 saturated heterocycles. The molecule has 0 aliphatic heterocycles. The van der Waals surface area contributed by atoms with Crippen molar-refractivity contribution >= 4 is 57.3 Å². The number of carbonyl (C=O) groups excluding carboxylic acids is 1. The number of methoxy groups -OCH3 is 1. The van der Waals surface area contributed by atoms with Crippen molar-refractivity contribution in [2.45, 2.75) is 46.1 Å². The lowest BCUT2D eigenvalue weighted by molar-refractivity contribution is -0.149. The lowest BCUT2D eigenvalue weighted by Gasteiger charge is -2.32. The van der Waals surface area contributed by atoms with Crippen LogP contribution in [0.15, 0.2) is 83.5 Å². The van der Waals surface area contributed by atoms with Crippen LogP contribution < -0.4 is 15.1 Å². The summed E-state index contributed by atoms with van der Waals surface area (Å²) in [6.45, 7) is 4.90. The number of furan rings is 1. The van der Waals surface area contributed by atoms with Crippen LogP contribution >= 0.6 is 19.0 Å². The number of carbonyl (C=O) groups is 1. The van der Waals surface area contributed by atoms with Crippen LogP contribution in [0.3, 0.4) is 0 Å². The first-order chi connectivity index (χ1) is 25.6. The van der Waals surface area contributed by atoms with E-state index in [1.54, 1.807) is 56.3 Å². The Morgan fingerprint density at radius 3 is 2.56 bits per heavy atom. The normalized spacial score (nSPS) is 13.6. The molecule has 0 saturated carbocycles. The van der Waals surface area contributed by atoms with Gasteiger partial charge in [-0.2, -0.15) is 0 Å². The second kappa shape index (κ2) is 17.8. The molecule has 5 aromatic rings. The van der Waals surface area contributed by atoms with Gasteiger partial charge >= 0.3 is 5.97 Å². The van der Waals surface area contributed by atoms with Gasteiger partial charge < -0.3 is 23.9 Å². The first-order valence-corrected chi connectivity index (χ1v) is 21.2. The number of hydrogen-bond acceptors (Lipinski definition) is 11. The minimum absolute atomic E-state index is 0.0543. The fraction of sp³-hybridized carbons (Fsp3) is 0.324. The van der Waals surface area contributed by atoms with E-state index >= 15 is 0 Å². The molecular weight excluding hydrogens is 760 g/mol. The Kier molecular flexibility index (Phi) is 13.5. The molecule has 0 fully saturated rings. The van der Waals surface area contributed by atoms with Crippen molar-refractivity contribution < 1.29 is 40.8 Å². The molecule has 0 radical (unpaired) electrons. The molecule has 2 atom stereocenters. The van der Waals surface area contributed by atoms with Gasteiger partial charge in [0.25, 0.3) is 0 Å². The summed E-state index contributed by atoms with van der Waals surface area (Å²) in [7, 11) is -5.80. The summed E-state index contributed by atoms with van der Waals surface area (Å²) in [6, 6.07) is 19.3. The standard InChI is InChI=1S/C37H42ClFN5O8PS/c1-24(2)51-37(45)25(3)43-53(46,23-49-4)44(15-16-54(5,47)48)20-30-11-14-34(52-30)27-9-12-33-31(18-27)36(41-22-40-33)42-29-10-13-35(32(38)19-29)50-21-26-7-6-8-28(39)17-26/h6-14,17-19,22,24-25H,15-16,20-21,23H2,1-5H3,(H,43,46)(H,40,41,42)/t25-,53?/m0/s1. The summed E-state index contributed by atoms with van der Waals surface area (Å²) in [4.78, 5) is 21.5. The van der Waals surface area contributed by atoms with Gasteiger partial charge in [0, 0.05) is 36.5 Å². The highest BCUT2D eigenvalue weighted by Crippen LogP contribution is 2.47. The number of hydrogen-bond donors (Lipinski definition) is 2. The average Bonchev–Trinajstić information content (AvgIpc) is 3.58. The van der Waals surface area contributed by atoms with Gasteiger partial charge in [-0.1, -0.05) is 23.7 Å². The van der Waals surface area contributed by atoms with Crippen molar-refractivity contribution in [1.29, 1.82) is 0 Å². The van der Waals surface area contributed by atoms with E-state index in [2.05, 4.69) is 20.4 Å². The van der Waals surface area contributed by atoms with Crippen molar-refractivity contribution in [1.82, 2.24) is 19.7 Å². The number of fused-ring (bicyclic) bond motifs is 1. The predicted molar refractivity (Wildman–Crippen MR) is 206 cm³/mol. The molecule has 3 aromatic carbocycles. The molecule has 288 valence electrons. The quantitative estimate of drug-likeness (QED) is 0.0660. The molecule has 2 heterocycles. The largest absolute Gasteiger partial charge is 0.487 e. The van der Waals surface area contributed by atoms with Gasteiger partial charge in [0.1, 0.15) is 64.1 Å². The Labute approximate surface area is 318 Å². The van der Waals surface area contributed by atoms with Crippen LogP contribution in [0.5, 0.6) is 5.75 Å². The van der Waals surface area contributed by atoms with E-state index in [1.807, 2.05) is 18.2 Å². The van der Waals surface area contributed by atoms with E-state index in [0.717, 1.165) is 6.26 Å². The molecule has 0 spiro atoms. The molecule has 1 unspecified atom stereocenters. The number of rotatable bonds is 18. The SMILES string of the molecule is COCP(=O)(N[C@@H](C)C(=O)OC(C)C)N(CCS(C)(=O)=O)Cc1ccc(-c2ccc3ncnc(Nc4ccc(OCc5cccc(F)c5)c(Cl)c4)c3c2)o1. The molecule has 2 N–H and O–H groups in total. The fourth-order valence-electron chi connectivity index (χ4n) is 5.42. The van der Waals surface area contributed by atoms with Crippen molar-refractivity contribution in [2.75, 3.05) is 37.3 Å². The van der Waals surface area contributed by atoms with E-state index < -0.39 is 29.3 Å². The molecule has 0 aliphatic rings. The van der Waals surface area contributed by atoms with Crippen LogP contribution in [0.4, 0.5) is 15.9 Å². The number of ether oxygens (including phenoxy) is 3. The molecule has 54 heavy (non-hydrogen) atoms. The summed E-state index contributed by atoms with van der Waals surface area (Å²) >= 11 is 6.53. The van der Waals surface area contributed by atoms with Gasteiger partial charge in [-0.15, -0.1) is 0 Å². The Hall–Kier alpha value is -4.37. The van der Waals surface area contributed by atoms with Crippen LogP contribution in [0.1, 0.15) is 32.1 Å². The van der Waals surface area contributed by atoms with Crippen molar-refractivity contribution in [3.05, 3.63) is 101 Å². The Bertz CT molecular complexity index is 2260. The first-order valence-electron chi connectivity index (χ1n) is 16.9. The highest BCUT2D eigenvalue weighted by Gasteiger charge is 2.35. The molecule has 5 rings (SSSR count). The van der Waals surface area contributed by atoms with E-state index in [0.29, 0.717) is 55.8 Å². The van der Waals surface area contributed by atoms with Crippen LogP contribution in [0.25, 0.3) is 22.2 Å². The first kappa shape index (κ1) is 40.8.